The molecule has 1 atom stereocenters. The van der Waals surface area contributed by atoms with E-state index in [-0.39, 0.29) is 12.1 Å². The Balaban J connectivity index is 1.96. The van der Waals surface area contributed by atoms with E-state index in [1.54, 1.807) is 57.5 Å². The maximum atomic E-state index is 13.3. The minimum Gasteiger partial charge on any atom is -0.497 e. The summed E-state index contributed by atoms with van der Waals surface area (Å²) in [4.78, 5) is 23.6. The van der Waals surface area contributed by atoms with Crippen LogP contribution in [0.15, 0.2) is 60.8 Å². The molecule has 3 aromatic rings. The molecule has 0 unspecified atom stereocenters. The van der Waals surface area contributed by atoms with Crippen molar-refractivity contribution in [2.45, 2.75) is 39.3 Å². The van der Waals surface area contributed by atoms with Gasteiger partial charge in [-0.25, -0.2) is 14.7 Å². The molecule has 0 radical (unpaired) electrons. The van der Waals surface area contributed by atoms with Crippen molar-refractivity contribution in [1.29, 1.82) is 0 Å². The summed E-state index contributed by atoms with van der Waals surface area (Å²) in [6, 6.07) is 15.6. The molecule has 0 aliphatic rings. The van der Waals surface area contributed by atoms with Gasteiger partial charge in [0, 0.05) is 18.0 Å². The Morgan fingerprint density at radius 1 is 1.16 bits per heavy atom. The Bertz CT molecular complexity index is 1060. The molecule has 1 aromatic heterocycles. The van der Waals surface area contributed by atoms with Crippen LogP contribution in [0.5, 0.6) is 5.75 Å². The number of aliphatic hydroxyl groups is 1. The molecule has 0 spiro atoms. The minimum atomic E-state index is -0.975. The number of benzene rings is 2. The highest BCUT2D eigenvalue weighted by molar-refractivity contribution is 6.06. The van der Waals surface area contributed by atoms with Crippen LogP contribution in [0, 0.1) is 6.92 Å². The summed E-state index contributed by atoms with van der Waals surface area (Å²) in [6.07, 6.45) is 1.57. The van der Waals surface area contributed by atoms with E-state index in [0.717, 1.165) is 5.56 Å². The molecule has 0 saturated heterocycles. The van der Waals surface area contributed by atoms with Gasteiger partial charge >= 0.3 is 6.03 Å². The highest BCUT2D eigenvalue weighted by Crippen LogP contribution is 2.28. The summed E-state index contributed by atoms with van der Waals surface area (Å²) in [7, 11) is 1.59. The summed E-state index contributed by atoms with van der Waals surface area (Å²) in [6.45, 7) is 7.20. The highest BCUT2D eigenvalue weighted by Gasteiger charge is 2.24. The zero-order valence-electron chi connectivity index (χ0n) is 19.0. The molecule has 0 saturated carbocycles. The second-order valence-corrected chi connectivity index (χ2v) is 8.09. The molecule has 3 N–H and O–H groups in total. The molecule has 1 heterocycles. The third kappa shape index (κ3) is 5.73. The number of hydrogen-bond donors (Lipinski definition) is 3. The fraction of sp³-hybridized carbons (Fsp3) is 0.292. The molecule has 2 aromatic carbocycles. The first-order valence-corrected chi connectivity index (χ1v) is 10.3. The van der Waals surface area contributed by atoms with Gasteiger partial charge in [-0.05, 0) is 69.7 Å². The molecule has 0 bridgehead atoms. The maximum Gasteiger partial charge on any atom is 0.332 e. The van der Waals surface area contributed by atoms with Crippen molar-refractivity contribution < 1.29 is 14.6 Å². The zero-order valence-corrected chi connectivity index (χ0v) is 19.0. The van der Waals surface area contributed by atoms with Gasteiger partial charge in [-0.2, -0.15) is 4.98 Å². The number of amides is 2. The second-order valence-electron chi connectivity index (χ2n) is 8.09. The van der Waals surface area contributed by atoms with Gasteiger partial charge in [0.15, 0.2) is 0 Å². The van der Waals surface area contributed by atoms with Crippen molar-refractivity contribution in [2.24, 2.45) is 0 Å². The van der Waals surface area contributed by atoms with Crippen LogP contribution in [0.2, 0.25) is 0 Å². The lowest BCUT2D eigenvalue weighted by atomic mass is 10.0. The number of rotatable bonds is 7. The van der Waals surface area contributed by atoms with E-state index in [4.69, 9.17) is 4.74 Å². The van der Waals surface area contributed by atoms with Crippen LogP contribution in [0.4, 0.5) is 27.9 Å². The van der Waals surface area contributed by atoms with Crippen molar-refractivity contribution in [3.8, 4) is 5.75 Å². The number of hydrogen-bond acceptors (Lipinski definition) is 6. The Labute approximate surface area is 188 Å². The highest BCUT2D eigenvalue weighted by atomic mass is 16.5. The number of aromatic nitrogens is 2. The molecular weight excluding hydrogens is 406 g/mol. The molecule has 32 heavy (non-hydrogen) atoms. The predicted molar refractivity (Wildman–Crippen MR) is 127 cm³/mol. The Morgan fingerprint density at radius 2 is 1.88 bits per heavy atom. The summed E-state index contributed by atoms with van der Waals surface area (Å²) in [5.74, 6) is 1.36. The van der Waals surface area contributed by atoms with E-state index in [1.807, 2.05) is 38.1 Å². The zero-order chi connectivity index (χ0) is 23.3. The van der Waals surface area contributed by atoms with Crippen molar-refractivity contribution >= 4 is 29.2 Å². The molecule has 0 aliphatic heterocycles. The molecule has 0 fully saturated rings. The lowest BCUT2D eigenvalue weighted by Crippen LogP contribution is -2.40. The lowest BCUT2D eigenvalue weighted by Gasteiger charge is -2.27. The van der Waals surface area contributed by atoms with Gasteiger partial charge in [-0.1, -0.05) is 12.1 Å². The maximum absolute atomic E-state index is 13.3. The Morgan fingerprint density at radius 3 is 2.50 bits per heavy atom. The van der Waals surface area contributed by atoms with E-state index < -0.39 is 5.60 Å². The summed E-state index contributed by atoms with van der Waals surface area (Å²) in [5, 5.41) is 16.2. The number of methoxy groups -OCH3 is 1. The molecule has 0 aliphatic carbocycles. The van der Waals surface area contributed by atoms with Gasteiger partial charge in [-0.15, -0.1) is 0 Å². The third-order valence-electron chi connectivity index (χ3n) is 5.08. The van der Waals surface area contributed by atoms with Gasteiger partial charge in [0.05, 0.1) is 24.4 Å². The number of carbonyl (C=O) groups excluding carboxylic acids is 1. The number of urea groups is 1. The normalized spacial score (nSPS) is 12.1. The van der Waals surface area contributed by atoms with E-state index in [2.05, 4.69) is 20.6 Å². The van der Waals surface area contributed by atoms with Crippen LogP contribution in [0.1, 0.15) is 26.3 Å². The van der Waals surface area contributed by atoms with Crippen molar-refractivity contribution in [3.05, 3.63) is 66.4 Å². The van der Waals surface area contributed by atoms with E-state index in [9.17, 15) is 9.90 Å². The number of anilines is 4. The first kappa shape index (κ1) is 23.0. The van der Waals surface area contributed by atoms with Crippen LogP contribution in [0.25, 0.3) is 0 Å². The van der Waals surface area contributed by atoms with Crippen molar-refractivity contribution in [2.75, 3.05) is 22.6 Å². The number of aryl methyl sites for hydroxylation is 1. The largest absolute Gasteiger partial charge is 0.497 e. The van der Waals surface area contributed by atoms with Crippen LogP contribution in [0.3, 0.4) is 0 Å². The Kier molecular flexibility index (Phi) is 6.95. The number of nitrogens with zero attached hydrogens (tertiary/aromatic N) is 3. The second kappa shape index (κ2) is 9.65. The molecule has 3 rings (SSSR count). The van der Waals surface area contributed by atoms with Gasteiger partial charge in [0.2, 0.25) is 5.95 Å². The minimum absolute atomic E-state index is 0.305. The van der Waals surface area contributed by atoms with Crippen LogP contribution in [-0.2, 0) is 0 Å². The van der Waals surface area contributed by atoms with E-state index >= 15 is 0 Å². The van der Waals surface area contributed by atoms with Crippen molar-refractivity contribution in [1.82, 2.24) is 9.97 Å². The van der Waals surface area contributed by atoms with Gasteiger partial charge in [-0.3, -0.25) is 0 Å². The molecule has 8 nitrogen and oxygen atoms in total. The smallest absolute Gasteiger partial charge is 0.332 e. The van der Waals surface area contributed by atoms with Gasteiger partial charge in [0.1, 0.15) is 11.6 Å². The number of carbonyl (C=O) groups is 1. The third-order valence-corrected chi connectivity index (χ3v) is 5.08. The number of nitrogens with one attached hydrogen (secondary N) is 2. The first-order valence-electron chi connectivity index (χ1n) is 10.3. The van der Waals surface area contributed by atoms with E-state index in [0.29, 0.717) is 28.9 Å². The fourth-order valence-corrected chi connectivity index (χ4v) is 2.90. The van der Waals surface area contributed by atoms with E-state index in [1.165, 1.54) is 4.90 Å². The molecule has 168 valence electrons. The van der Waals surface area contributed by atoms with Crippen LogP contribution >= 0.6 is 0 Å². The lowest BCUT2D eigenvalue weighted by molar-refractivity contribution is 0.0646. The topological polar surface area (TPSA) is 99.6 Å². The summed E-state index contributed by atoms with van der Waals surface area (Å²) >= 11 is 0. The van der Waals surface area contributed by atoms with Crippen molar-refractivity contribution in [3.63, 3.8) is 0 Å². The van der Waals surface area contributed by atoms with Crippen LogP contribution in [-0.4, -0.2) is 39.9 Å². The molecular formula is C24H29N5O3. The summed E-state index contributed by atoms with van der Waals surface area (Å²) < 4.78 is 5.24. The standard InChI is InChI=1S/C24H29N5O3/c1-16-7-6-8-18(15-16)27-23(30)29(19-9-11-20(32-5)12-10-19)21-13-14-25-22(28-21)26-17(2)24(3,4)31/h6-15,17,31H,1-5H3,(H,27,30)(H,25,26,28)/t17-/m0/s1. The van der Waals surface area contributed by atoms with Gasteiger partial charge < -0.3 is 20.5 Å². The molecule has 2 amide bonds. The summed E-state index contributed by atoms with van der Waals surface area (Å²) in [5.41, 5.74) is 1.35. The average molecular weight is 436 g/mol. The quantitative estimate of drug-likeness (QED) is 0.496. The monoisotopic (exact) mass is 435 g/mol. The average Bonchev–Trinajstić information content (AvgIpc) is 2.74. The number of ether oxygens (including phenoxy) is 1. The first-order chi connectivity index (χ1) is 15.2. The SMILES string of the molecule is COc1ccc(N(C(=O)Nc2cccc(C)c2)c2ccnc(N[C@@H](C)C(C)(C)O)n2)cc1. The Hall–Kier alpha value is -3.65. The molecule has 8 heteroatoms. The van der Waals surface area contributed by atoms with Gasteiger partial charge in [0.25, 0.3) is 0 Å². The fourth-order valence-electron chi connectivity index (χ4n) is 2.90. The predicted octanol–water partition coefficient (Wildman–Crippen LogP) is 4.74. The van der Waals surface area contributed by atoms with Crippen LogP contribution < -0.4 is 20.3 Å².